The van der Waals surface area contributed by atoms with Crippen LogP contribution < -0.4 is 16.6 Å². The molecule has 0 atom stereocenters. The van der Waals surface area contributed by atoms with Gasteiger partial charge in [-0.15, -0.1) is 0 Å². The minimum atomic E-state index is -0.397. The molecule has 1 heterocycles. The van der Waals surface area contributed by atoms with E-state index in [1.54, 1.807) is 0 Å². The molecule has 0 fully saturated rings. The number of hydrogen-bond donors (Lipinski definition) is 3. The predicted octanol–water partition coefficient (Wildman–Crippen LogP) is 0.624. The number of rotatable bonds is 5. The molecule has 88 valence electrons. The highest BCUT2D eigenvalue weighted by molar-refractivity contribution is 7.98. The van der Waals surface area contributed by atoms with Crippen LogP contribution in [0.25, 0.3) is 0 Å². The van der Waals surface area contributed by atoms with E-state index in [2.05, 4.69) is 20.7 Å². The number of thioether (sulfide) groups is 1. The summed E-state index contributed by atoms with van der Waals surface area (Å²) in [6, 6.07) is 0. The highest BCUT2D eigenvalue weighted by atomic mass is 32.2. The second kappa shape index (κ2) is 6.29. The Morgan fingerprint density at radius 3 is 2.94 bits per heavy atom. The van der Waals surface area contributed by atoms with Crippen LogP contribution in [0.1, 0.15) is 23.7 Å². The smallest absolute Gasteiger partial charge is 0.270 e. The van der Waals surface area contributed by atoms with Gasteiger partial charge in [0, 0.05) is 12.7 Å². The molecule has 0 bridgehead atoms. The zero-order valence-corrected chi connectivity index (χ0v) is 10.1. The Labute approximate surface area is 98.4 Å². The van der Waals surface area contributed by atoms with E-state index in [9.17, 15) is 4.79 Å². The van der Waals surface area contributed by atoms with E-state index in [1.807, 2.05) is 13.2 Å². The zero-order chi connectivity index (χ0) is 12.0. The van der Waals surface area contributed by atoms with Crippen molar-refractivity contribution in [1.29, 1.82) is 0 Å². The Balaban J connectivity index is 3.00. The fraction of sp³-hybridized carbons (Fsp3) is 0.444. The van der Waals surface area contributed by atoms with E-state index in [0.29, 0.717) is 16.5 Å². The van der Waals surface area contributed by atoms with Gasteiger partial charge in [0.1, 0.15) is 11.4 Å². The highest BCUT2D eigenvalue weighted by Gasteiger charge is 2.12. The number of nitrogen functional groups attached to an aromatic ring is 1. The summed E-state index contributed by atoms with van der Waals surface area (Å²) in [5.41, 5.74) is 2.43. The van der Waals surface area contributed by atoms with Gasteiger partial charge in [0.15, 0.2) is 5.16 Å². The van der Waals surface area contributed by atoms with Crippen LogP contribution in [-0.2, 0) is 0 Å². The van der Waals surface area contributed by atoms with Crippen molar-refractivity contribution in [2.75, 3.05) is 18.1 Å². The summed E-state index contributed by atoms with van der Waals surface area (Å²) in [5, 5.41) is 3.69. The molecule has 0 spiro atoms. The molecule has 1 rings (SSSR count). The van der Waals surface area contributed by atoms with Gasteiger partial charge >= 0.3 is 0 Å². The average molecular weight is 241 g/mol. The predicted molar refractivity (Wildman–Crippen MR) is 64.2 cm³/mol. The average Bonchev–Trinajstić information content (AvgIpc) is 2.34. The molecule has 7 heteroatoms. The Hall–Kier alpha value is -1.34. The first-order valence-electron chi connectivity index (χ1n) is 4.88. The maximum absolute atomic E-state index is 11.4. The first kappa shape index (κ1) is 12.7. The second-order valence-corrected chi connectivity index (χ2v) is 3.79. The molecular weight excluding hydrogens is 226 g/mol. The maximum Gasteiger partial charge on any atom is 0.270 e. The minimum Gasteiger partial charge on any atom is -0.369 e. The SMILES string of the molecule is CCCNc1nc(SC)ncc1C(=O)NN. The second-order valence-electron chi connectivity index (χ2n) is 3.02. The number of anilines is 1. The molecule has 6 nitrogen and oxygen atoms in total. The highest BCUT2D eigenvalue weighted by Crippen LogP contribution is 2.16. The van der Waals surface area contributed by atoms with Crippen molar-refractivity contribution in [1.82, 2.24) is 15.4 Å². The van der Waals surface area contributed by atoms with Gasteiger partial charge in [-0.05, 0) is 12.7 Å². The van der Waals surface area contributed by atoms with Crippen molar-refractivity contribution in [2.45, 2.75) is 18.5 Å². The Bertz CT molecular complexity index is 371. The molecule has 0 aliphatic carbocycles. The van der Waals surface area contributed by atoms with Gasteiger partial charge in [0.25, 0.3) is 5.91 Å². The first-order chi connectivity index (χ1) is 7.72. The van der Waals surface area contributed by atoms with Crippen molar-refractivity contribution in [2.24, 2.45) is 5.84 Å². The molecule has 0 unspecified atom stereocenters. The van der Waals surface area contributed by atoms with Crippen molar-refractivity contribution >= 4 is 23.5 Å². The van der Waals surface area contributed by atoms with E-state index in [4.69, 9.17) is 5.84 Å². The fourth-order valence-electron chi connectivity index (χ4n) is 1.09. The van der Waals surface area contributed by atoms with E-state index in [-0.39, 0.29) is 0 Å². The molecule has 0 radical (unpaired) electrons. The third-order valence-corrected chi connectivity index (χ3v) is 2.43. The van der Waals surface area contributed by atoms with Crippen LogP contribution in [-0.4, -0.2) is 28.7 Å². The lowest BCUT2D eigenvalue weighted by Gasteiger charge is -2.09. The van der Waals surface area contributed by atoms with Crippen LogP contribution in [0.15, 0.2) is 11.4 Å². The topological polar surface area (TPSA) is 92.9 Å². The lowest BCUT2D eigenvalue weighted by atomic mass is 10.3. The van der Waals surface area contributed by atoms with E-state index in [1.165, 1.54) is 18.0 Å². The number of carbonyl (C=O) groups is 1. The number of hydrogen-bond acceptors (Lipinski definition) is 6. The van der Waals surface area contributed by atoms with Crippen LogP contribution in [0.5, 0.6) is 0 Å². The summed E-state index contributed by atoms with van der Waals surface area (Å²) in [6.45, 7) is 2.78. The largest absolute Gasteiger partial charge is 0.369 e. The van der Waals surface area contributed by atoms with Crippen molar-refractivity contribution in [3.05, 3.63) is 11.8 Å². The van der Waals surface area contributed by atoms with Gasteiger partial charge in [-0.2, -0.15) is 0 Å². The zero-order valence-electron chi connectivity index (χ0n) is 9.28. The maximum atomic E-state index is 11.4. The third kappa shape index (κ3) is 3.07. The van der Waals surface area contributed by atoms with Gasteiger partial charge < -0.3 is 5.32 Å². The number of hydrazine groups is 1. The van der Waals surface area contributed by atoms with Gasteiger partial charge in [0.05, 0.1) is 0 Å². The lowest BCUT2D eigenvalue weighted by Crippen LogP contribution is -2.31. The fourth-order valence-corrected chi connectivity index (χ4v) is 1.43. The van der Waals surface area contributed by atoms with E-state index < -0.39 is 5.91 Å². The normalized spacial score (nSPS) is 9.94. The summed E-state index contributed by atoms with van der Waals surface area (Å²) < 4.78 is 0. The number of nitrogens with two attached hydrogens (primary N) is 1. The van der Waals surface area contributed by atoms with Crippen LogP contribution in [0, 0.1) is 0 Å². The summed E-state index contributed by atoms with van der Waals surface area (Å²) in [5.74, 6) is 5.20. The molecule has 0 aliphatic rings. The number of carbonyl (C=O) groups excluding carboxylic acids is 1. The lowest BCUT2D eigenvalue weighted by molar-refractivity contribution is 0.0953. The third-order valence-electron chi connectivity index (χ3n) is 1.87. The quantitative estimate of drug-likeness (QED) is 0.230. The monoisotopic (exact) mass is 241 g/mol. The number of nitrogens with zero attached hydrogens (tertiary/aromatic N) is 2. The first-order valence-corrected chi connectivity index (χ1v) is 6.11. The molecule has 0 saturated heterocycles. The van der Waals surface area contributed by atoms with Gasteiger partial charge in [-0.3, -0.25) is 10.2 Å². The molecule has 0 aromatic carbocycles. The minimum absolute atomic E-state index is 0.355. The molecule has 1 aromatic heterocycles. The van der Waals surface area contributed by atoms with E-state index >= 15 is 0 Å². The summed E-state index contributed by atoms with van der Waals surface area (Å²) in [4.78, 5) is 19.7. The Kier molecular flexibility index (Phi) is 5.00. The summed E-state index contributed by atoms with van der Waals surface area (Å²) >= 11 is 1.42. The molecule has 4 N–H and O–H groups in total. The standard InChI is InChI=1S/C9H15N5OS/c1-3-4-11-7-6(8(15)14-10)5-12-9(13-7)16-2/h5H,3-4,10H2,1-2H3,(H,14,15)(H,11,12,13). The van der Waals surface area contributed by atoms with Crippen molar-refractivity contribution < 1.29 is 4.79 Å². The van der Waals surface area contributed by atoms with E-state index in [0.717, 1.165) is 13.0 Å². The number of aromatic nitrogens is 2. The summed E-state index contributed by atoms with van der Waals surface area (Å²) in [6.07, 6.45) is 4.29. The van der Waals surface area contributed by atoms with Crippen molar-refractivity contribution in [3.63, 3.8) is 0 Å². The molecule has 0 saturated carbocycles. The number of nitrogens with one attached hydrogen (secondary N) is 2. The molecular formula is C9H15N5OS. The molecule has 0 aliphatic heterocycles. The molecule has 16 heavy (non-hydrogen) atoms. The molecule has 1 aromatic rings. The Morgan fingerprint density at radius 2 is 2.38 bits per heavy atom. The van der Waals surface area contributed by atoms with Gasteiger partial charge in [-0.25, -0.2) is 15.8 Å². The van der Waals surface area contributed by atoms with Crippen LogP contribution in [0.2, 0.25) is 0 Å². The van der Waals surface area contributed by atoms with Crippen LogP contribution >= 0.6 is 11.8 Å². The van der Waals surface area contributed by atoms with Gasteiger partial charge in [0.2, 0.25) is 0 Å². The van der Waals surface area contributed by atoms with Gasteiger partial charge in [-0.1, -0.05) is 18.7 Å². The Morgan fingerprint density at radius 1 is 1.62 bits per heavy atom. The van der Waals surface area contributed by atoms with Crippen molar-refractivity contribution in [3.8, 4) is 0 Å². The summed E-state index contributed by atoms with van der Waals surface area (Å²) in [7, 11) is 0. The van der Waals surface area contributed by atoms with Crippen LogP contribution in [0.3, 0.4) is 0 Å². The number of amides is 1. The molecule has 1 amide bonds. The van der Waals surface area contributed by atoms with Crippen LogP contribution in [0.4, 0.5) is 5.82 Å².